The van der Waals surface area contributed by atoms with Crippen molar-refractivity contribution >= 4 is 21.1 Å². The van der Waals surface area contributed by atoms with Crippen LogP contribution in [0, 0.1) is 5.41 Å². The Morgan fingerprint density at radius 1 is 0.864 bits per heavy atom. The van der Waals surface area contributed by atoms with Crippen molar-refractivity contribution in [2.75, 3.05) is 17.8 Å². The zero-order chi connectivity index (χ0) is 16.9. The summed E-state index contributed by atoms with van der Waals surface area (Å²) in [5.74, 6) is 0. The number of nitrogens with two attached hydrogens (primary N) is 1. The van der Waals surface area contributed by atoms with Gasteiger partial charge in [-0.3, -0.25) is 0 Å². The molecule has 0 atom stereocenters. The molecule has 0 heterocycles. The van der Waals surface area contributed by atoms with Crippen molar-refractivity contribution in [1.82, 2.24) is 0 Å². The average molecular weight is 418 g/mol. The molecule has 0 aromatic rings. The molecule has 2 nitrogen and oxygen atoms in total. The summed E-state index contributed by atoms with van der Waals surface area (Å²) in [6, 6.07) is 0. The van der Waals surface area contributed by atoms with E-state index in [9.17, 15) is 0 Å². The summed E-state index contributed by atoms with van der Waals surface area (Å²) in [5.41, 5.74) is 5.94. The molecule has 0 amide bonds. The summed E-state index contributed by atoms with van der Waals surface area (Å²) in [7, 11) is 0. The van der Waals surface area contributed by atoms with Gasteiger partial charge in [0.2, 0.25) is 0 Å². The average Bonchev–Trinajstić information content (AvgIpc) is 2.52. The molecule has 0 fully saturated rings. The van der Waals surface area contributed by atoms with Crippen molar-refractivity contribution in [2.24, 2.45) is 11.1 Å². The van der Waals surface area contributed by atoms with Gasteiger partial charge in [0.15, 0.2) is 0 Å². The first-order valence-electron chi connectivity index (χ1n) is 9.48. The van der Waals surface area contributed by atoms with Gasteiger partial charge < -0.3 is 0 Å². The Morgan fingerprint density at radius 2 is 1.32 bits per heavy atom. The second-order valence-electron chi connectivity index (χ2n) is 7.63. The van der Waals surface area contributed by atoms with E-state index < -0.39 is 21.1 Å². The van der Waals surface area contributed by atoms with E-state index in [4.69, 9.17) is 10.5 Å². The van der Waals surface area contributed by atoms with Gasteiger partial charge in [-0.2, -0.15) is 0 Å². The first kappa shape index (κ1) is 22.7. The maximum atomic E-state index is 6.08. The molecule has 3 heteroatoms. The van der Waals surface area contributed by atoms with Crippen LogP contribution >= 0.6 is 0 Å². The number of ether oxygens (including phenoxy) is 1. The van der Waals surface area contributed by atoms with Gasteiger partial charge in [-0.05, 0) is 0 Å². The van der Waals surface area contributed by atoms with Crippen LogP contribution in [0.5, 0.6) is 0 Å². The van der Waals surface area contributed by atoms with E-state index in [0.29, 0.717) is 9.98 Å². The van der Waals surface area contributed by atoms with Crippen molar-refractivity contribution in [3.05, 3.63) is 0 Å². The summed E-state index contributed by atoms with van der Waals surface area (Å²) in [4.78, 5) is 0. The monoisotopic (exact) mass is 419 g/mol. The fraction of sp³-hybridized carbons (Fsp3) is 1.00. The third-order valence-corrected chi connectivity index (χ3v) is 9.90. The maximum absolute atomic E-state index is 6.08. The Labute approximate surface area is 150 Å². The van der Waals surface area contributed by atoms with Gasteiger partial charge in [-0.25, -0.2) is 0 Å². The zero-order valence-electron chi connectivity index (χ0n) is 16.0. The number of hydrogen-bond acceptors (Lipinski definition) is 2. The van der Waals surface area contributed by atoms with E-state index in [-0.39, 0.29) is 5.41 Å². The molecular formula is C19H41NOSn. The molecule has 132 valence electrons. The van der Waals surface area contributed by atoms with Gasteiger partial charge in [0.1, 0.15) is 0 Å². The Morgan fingerprint density at radius 3 is 1.68 bits per heavy atom. The molecule has 0 saturated heterocycles. The van der Waals surface area contributed by atoms with Gasteiger partial charge in [0, 0.05) is 0 Å². The van der Waals surface area contributed by atoms with Gasteiger partial charge in [-0.1, -0.05) is 0 Å². The quantitative estimate of drug-likeness (QED) is 0.286. The molecular weight excluding hydrogens is 377 g/mol. The SMILES string of the molecule is CCCC[C](CCCC)(CCCC)[Sn][CH2]OCC(C)(C)CN. The predicted molar refractivity (Wildman–Crippen MR) is 101 cm³/mol. The summed E-state index contributed by atoms with van der Waals surface area (Å²) in [6.07, 6.45) is 12.6. The Kier molecular flexibility index (Phi) is 13.5. The van der Waals surface area contributed by atoms with Crippen LogP contribution in [0.3, 0.4) is 0 Å². The van der Waals surface area contributed by atoms with Crippen LogP contribution in [-0.2, 0) is 4.74 Å². The van der Waals surface area contributed by atoms with Crippen LogP contribution in [0.15, 0.2) is 0 Å². The molecule has 2 N–H and O–H groups in total. The van der Waals surface area contributed by atoms with Gasteiger partial charge in [-0.15, -0.1) is 0 Å². The van der Waals surface area contributed by atoms with Crippen molar-refractivity contribution in [2.45, 2.75) is 95.8 Å². The zero-order valence-corrected chi connectivity index (χ0v) is 18.8. The van der Waals surface area contributed by atoms with Crippen LogP contribution in [0.2, 0.25) is 3.43 Å². The first-order valence-corrected chi connectivity index (χ1v) is 12.9. The fourth-order valence-electron chi connectivity index (χ4n) is 2.78. The summed E-state index contributed by atoms with van der Waals surface area (Å²) in [5, 5.41) is 0. The number of unbranched alkanes of at least 4 members (excludes halogenated alkanes) is 3. The summed E-state index contributed by atoms with van der Waals surface area (Å²) < 4.78 is 7.85. The van der Waals surface area contributed by atoms with E-state index in [2.05, 4.69) is 34.6 Å². The second-order valence-corrected chi connectivity index (χ2v) is 12.5. The molecule has 0 aromatic carbocycles. The molecule has 0 bridgehead atoms. The topological polar surface area (TPSA) is 35.2 Å². The van der Waals surface area contributed by atoms with Crippen molar-refractivity contribution in [1.29, 1.82) is 0 Å². The standard InChI is InChI=1S/C13H27.C6H14NO.Sn/c1-4-7-10-13(11-8-5-2)12-9-6-3;1-6(2,4-7)5-8-3;/h4-12H2,1-3H3;3-5,7H2,1-2H3;. The molecule has 0 aliphatic heterocycles. The number of hydrogen-bond donors (Lipinski definition) is 1. The molecule has 0 rings (SSSR count). The third-order valence-electron chi connectivity index (χ3n) is 4.62. The van der Waals surface area contributed by atoms with Crippen LogP contribution in [0.4, 0.5) is 0 Å². The number of rotatable bonds is 15. The van der Waals surface area contributed by atoms with Crippen LogP contribution in [0.25, 0.3) is 0 Å². The van der Waals surface area contributed by atoms with Crippen molar-refractivity contribution < 1.29 is 4.74 Å². The Hall–Kier alpha value is 0.719. The normalized spacial score (nSPS) is 12.8. The van der Waals surface area contributed by atoms with Gasteiger partial charge >= 0.3 is 151 Å². The van der Waals surface area contributed by atoms with E-state index in [1.807, 2.05) is 0 Å². The minimum atomic E-state index is -0.498. The van der Waals surface area contributed by atoms with E-state index in [0.717, 1.165) is 11.2 Å². The van der Waals surface area contributed by atoms with Crippen LogP contribution in [0.1, 0.15) is 92.4 Å². The summed E-state index contributed by atoms with van der Waals surface area (Å²) >= 11 is -0.498. The van der Waals surface area contributed by atoms with Crippen LogP contribution in [-0.4, -0.2) is 38.9 Å². The molecule has 0 aromatic heterocycles. The second kappa shape index (κ2) is 13.1. The van der Waals surface area contributed by atoms with Gasteiger partial charge in [0.25, 0.3) is 0 Å². The van der Waals surface area contributed by atoms with Crippen molar-refractivity contribution in [3.8, 4) is 0 Å². The van der Waals surface area contributed by atoms with Crippen molar-refractivity contribution in [3.63, 3.8) is 0 Å². The predicted octanol–water partition coefficient (Wildman–Crippen LogP) is 5.38. The molecule has 0 unspecified atom stereocenters. The van der Waals surface area contributed by atoms with E-state index in [1.54, 1.807) is 0 Å². The molecule has 0 aliphatic carbocycles. The van der Waals surface area contributed by atoms with E-state index >= 15 is 0 Å². The van der Waals surface area contributed by atoms with E-state index in [1.165, 1.54) is 57.8 Å². The molecule has 22 heavy (non-hydrogen) atoms. The van der Waals surface area contributed by atoms with Crippen LogP contribution < -0.4 is 5.73 Å². The minimum absolute atomic E-state index is 0.137. The first-order chi connectivity index (χ1) is 10.4. The molecule has 0 aliphatic rings. The molecule has 2 radical (unpaired) electrons. The Balaban J connectivity index is 4.51. The third kappa shape index (κ3) is 10.5. The Bertz CT molecular complexity index is 234. The molecule has 0 saturated carbocycles. The molecule has 0 spiro atoms. The summed E-state index contributed by atoms with van der Waals surface area (Å²) in [6.45, 7) is 12.9. The fourth-order valence-corrected chi connectivity index (χ4v) is 7.26. The van der Waals surface area contributed by atoms with Gasteiger partial charge in [0.05, 0.1) is 0 Å².